The molecular formula is C15H26N2O3S. The zero-order chi connectivity index (χ0) is 15.6. The van der Waals surface area contributed by atoms with Crippen LogP contribution in [0.2, 0.25) is 0 Å². The minimum atomic E-state index is -3.48. The van der Waals surface area contributed by atoms with Gasteiger partial charge >= 0.3 is 0 Å². The summed E-state index contributed by atoms with van der Waals surface area (Å²) in [6.45, 7) is 2.95. The van der Waals surface area contributed by atoms with Crippen LogP contribution in [-0.4, -0.2) is 44.8 Å². The van der Waals surface area contributed by atoms with Gasteiger partial charge in [0.1, 0.15) is 5.76 Å². The maximum Gasteiger partial charge on any atom is 0.275 e. The van der Waals surface area contributed by atoms with E-state index in [4.69, 9.17) is 4.42 Å². The van der Waals surface area contributed by atoms with Crippen molar-refractivity contribution >= 4 is 10.0 Å². The first-order valence-corrected chi connectivity index (χ1v) is 8.96. The Morgan fingerprint density at radius 1 is 1.24 bits per heavy atom. The number of sulfonamides is 1. The van der Waals surface area contributed by atoms with Crippen molar-refractivity contribution in [1.82, 2.24) is 9.21 Å². The number of rotatable bonds is 5. The predicted octanol–water partition coefficient (Wildman–Crippen LogP) is 2.54. The first kappa shape index (κ1) is 16.5. The molecule has 1 heterocycles. The molecular weight excluding hydrogens is 288 g/mol. The van der Waals surface area contributed by atoms with Crippen molar-refractivity contribution in [3.63, 3.8) is 0 Å². The lowest BCUT2D eigenvalue weighted by Crippen LogP contribution is -2.34. The average molecular weight is 314 g/mol. The highest BCUT2D eigenvalue weighted by atomic mass is 32.2. The summed E-state index contributed by atoms with van der Waals surface area (Å²) in [6, 6.07) is 3.87. The third-order valence-corrected chi connectivity index (χ3v) is 6.00. The molecule has 1 aromatic rings. The molecule has 0 unspecified atom stereocenters. The maximum absolute atomic E-state index is 12.0. The maximum atomic E-state index is 12.0. The van der Waals surface area contributed by atoms with Crippen molar-refractivity contribution in [1.29, 1.82) is 0 Å². The molecule has 2 atom stereocenters. The Morgan fingerprint density at radius 3 is 2.57 bits per heavy atom. The Hall–Kier alpha value is -0.850. The molecule has 1 aliphatic rings. The van der Waals surface area contributed by atoms with Gasteiger partial charge in [-0.25, -0.2) is 12.7 Å². The molecule has 0 radical (unpaired) electrons. The molecule has 1 saturated carbocycles. The minimum Gasteiger partial charge on any atom is -0.447 e. The van der Waals surface area contributed by atoms with Gasteiger partial charge in [-0.1, -0.05) is 19.8 Å². The standard InChI is InChI=1S/C15H26N2O3S/c1-12-6-5-7-13(10-12)17(4)11-14-8-9-15(20-14)21(18,19)16(2)3/h8-9,12-13H,5-7,10-11H2,1-4H3/t12-,13+/m1/s1. The second-order valence-electron chi connectivity index (χ2n) is 6.35. The van der Waals surface area contributed by atoms with E-state index in [0.717, 1.165) is 5.92 Å². The van der Waals surface area contributed by atoms with Crippen molar-refractivity contribution in [2.24, 2.45) is 5.92 Å². The van der Waals surface area contributed by atoms with Crippen LogP contribution in [0.1, 0.15) is 38.4 Å². The second-order valence-corrected chi connectivity index (χ2v) is 8.43. The molecule has 0 aliphatic heterocycles. The highest BCUT2D eigenvalue weighted by Crippen LogP contribution is 2.28. The molecule has 5 nitrogen and oxygen atoms in total. The normalized spacial score (nSPS) is 23.9. The number of hydrogen-bond donors (Lipinski definition) is 0. The van der Waals surface area contributed by atoms with Crippen LogP contribution in [0.4, 0.5) is 0 Å². The fourth-order valence-corrected chi connectivity index (χ4v) is 3.75. The summed E-state index contributed by atoms with van der Waals surface area (Å²) >= 11 is 0. The van der Waals surface area contributed by atoms with Gasteiger partial charge in [0, 0.05) is 20.1 Å². The van der Waals surface area contributed by atoms with Crippen molar-refractivity contribution in [2.75, 3.05) is 21.1 Å². The molecule has 1 fully saturated rings. The molecule has 120 valence electrons. The Kier molecular flexibility index (Phi) is 5.11. The Morgan fingerprint density at radius 2 is 1.95 bits per heavy atom. The van der Waals surface area contributed by atoms with E-state index in [9.17, 15) is 8.42 Å². The highest BCUT2D eigenvalue weighted by Gasteiger charge is 2.25. The smallest absolute Gasteiger partial charge is 0.275 e. The van der Waals surface area contributed by atoms with Crippen LogP contribution < -0.4 is 0 Å². The van der Waals surface area contributed by atoms with Crippen LogP contribution in [0.25, 0.3) is 0 Å². The fraction of sp³-hybridized carbons (Fsp3) is 0.733. The van der Waals surface area contributed by atoms with Crippen LogP contribution in [0, 0.1) is 5.92 Å². The molecule has 0 aromatic carbocycles. The highest BCUT2D eigenvalue weighted by molar-refractivity contribution is 7.88. The Labute approximate surface area is 128 Å². The van der Waals surface area contributed by atoms with E-state index in [1.54, 1.807) is 12.1 Å². The van der Waals surface area contributed by atoms with Gasteiger partial charge in [-0.15, -0.1) is 0 Å². The second kappa shape index (κ2) is 6.50. The summed E-state index contributed by atoms with van der Waals surface area (Å²) in [6.07, 6.45) is 5.01. The lowest BCUT2D eigenvalue weighted by molar-refractivity contribution is 0.146. The zero-order valence-corrected chi connectivity index (χ0v) is 14.2. The largest absolute Gasteiger partial charge is 0.447 e. The van der Waals surface area contributed by atoms with E-state index in [1.807, 2.05) is 0 Å². The molecule has 0 amide bonds. The Balaban J connectivity index is 2.02. The van der Waals surface area contributed by atoms with Gasteiger partial charge in [-0.05, 0) is 37.9 Å². The molecule has 2 rings (SSSR count). The SMILES string of the molecule is C[C@@H]1CCC[C@H](N(C)Cc2ccc(S(=O)(=O)N(C)C)o2)C1. The van der Waals surface area contributed by atoms with Gasteiger partial charge < -0.3 is 4.42 Å². The number of furan rings is 1. The lowest BCUT2D eigenvalue weighted by Gasteiger charge is -2.33. The van der Waals surface area contributed by atoms with Crippen molar-refractivity contribution in [2.45, 2.75) is 50.3 Å². The van der Waals surface area contributed by atoms with Crippen LogP contribution >= 0.6 is 0 Å². The van der Waals surface area contributed by atoms with Crippen molar-refractivity contribution in [3.8, 4) is 0 Å². The van der Waals surface area contributed by atoms with E-state index < -0.39 is 10.0 Å². The van der Waals surface area contributed by atoms with E-state index in [0.29, 0.717) is 18.3 Å². The number of hydrogen-bond acceptors (Lipinski definition) is 4. The van der Waals surface area contributed by atoms with Crippen LogP contribution in [0.15, 0.2) is 21.6 Å². The predicted molar refractivity (Wildman–Crippen MR) is 82.5 cm³/mol. The summed E-state index contributed by atoms with van der Waals surface area (Å²) in [5, 5.41) is 0.0212. The first-order chi connectivity index (χ1) is 9.80. The third-order valence-electron chi connectivity index (χ3n) is 4.31. The molecule has 0 bridgehead atoms. The van der Waals surface area contributed by atoms with Gasteiger partial charge in [0.25, 0.3) is 10.0 Å². The summed E-state index contributed by atoms with van der Waals surface area (Å²) < 4.78 is 30.7. The molecule has 0 spiro atoms. The molecule has 21 heavy (non-hydrogen) atoms. The van der Waals surface area contributed by atoms with Gasteiger partial charge in [0.15, 0.2) is 0 Å². The summed E-state index contributed by atoms with van der Waals surface area (Å²) in [7, 11) is 1.63. The van der Waals surface area contributed by atoms with Crippen LogP contribution in [-0.2, 0) is 16.6 Å². The summed E-state index contributed by atoms with van der Waals surface area (Å²) in [5.74, 6) is 1.48. The third kappa shape index (κ3) is 3.87. The molecule has 1 aliphatic carbocycles. The lowest BCUT2D eigenvalue weighted by atomic mass is 9.86. The quantitative estimate of drug-likeness (QED) is 0.838. The minimum absolute atomic E-state index is 0.0212. The molecule has 0 N–H and O–H groups in total. The van der Waals surface area contributed by atoms with E-state index in [-0.39, 0.29) is 5.09 Å². The summed E-state index contributed by atoms with van der Waals surface area (Å²) in [5.41, 5.74) is 0. The van der Waals surface area contributed by atoms with Gasteiger partial charge in [-0.2, -0.15) is 0 Å². The monoisotopic (exact) mass is 314 g/mol. The van der Waals surface area contributed by atoms with Gasteiger partial charge in [-0.3, -0.25) is 4.90 Å². The molecule has 0 saturated heterocycles. The topological polar surface area (TPSA) is 53.8 Å². The zero-order valence-electron chi connectivity index (χ0n) is 13.4. The van der Waals surface area contributed by atoms with Crippen molar-refractivity contribution in [3.05, 3.63) is 17.9 Å². The fourth-order valence-electron chi connectivity index (χ4n) is 2.94. The number of nitrogens with zero attached hydrogens (tertiary/aromatic N) is 2. The van der Waals surface area contributed by atoms with Crippen LogP contribution in [0.5, 0.6) is 0 Å². The van der Waals surface area contributed by atoms with Crippen LogP contribution in [0.3, 0.4) is 0 Å². The Bertz CT molecular complexity index is 565. The molecule has 6 heteroatoms. The molecule has 1 aromatic heterocycles. The van der Waals surface area contributed by atoms with E-state index in [2.05, 4.69) is 18.9 Å². The van der Waals surface area contributed by atoms with E-state index in [1.165, 1.54) is 44.1 Å². The summed E-state index contributed by atoms with van der Waals surface area (Å²) in [4.78, 5) is 2.28. The first-order valence-electron chi connectivity index (χ1n) is 7.52. The van der Waals surface area contributed by atoms with E-state index >= 15 is 0 Å². The van der Waals surface area contributed by atoms with Crippen molar-refractivity contribution < 1.29 is 12.8 Å². The average Bonchev–Trinajstić information content (AvgIpc) is 2.87. The van der Waals surface area contributed by atoms with Gasteiger partial charge in [0.2, 0.25) is 5.09 Å². The van der Waals surface area contributed by atoms with Gasteiger partial charge in [0.05, 0.1) is 6.54 Å².